The normalized spacial score (nSPS) is 12.2. The number of hydrogen-bond acceptors (Lipinski definition) is 2. The van der Waals surface area contributed by atoms with Gasteiger partial charge in [-0.2, -0.15) is 0 Å². The van der Waals surface area contributed by atoms with E-state index in [1.165, 1.54) is 11.1 Å². The molecule has 2 aromatic rings. The van der Waals surface area contributed by atoms with Gasteiger partial charge in [0.1, 0.15) is 0 Å². The Balaban J connectivity index is 2.58. The highest BCUT2D eigenvalue weighted by atomic mass is 35.5. The van der Waals surface area contributed by atoms with Gasteiger partial charge in [-0.05, 0) is 52.1 Å². The highest BCUT2D eigenvalue weighted by Gasteiger charge is 2.29. The quantitative estimate of drug-likeness (QED) is 0.553. The molecular formula is C22H28Cl2O2. The summed E-state index contributed by atoms with van der Waals surface area (Å²) in [7, 11) is 3.33. The number of ether oxygens (including phenoxy) is 2. The van der Waals surface area contributed by atoms with E-state index >= 15 is 0 Å². The van der Waals surface area contributed by atoms with Gasteiger partial charge in [0.05, 0.1) is 24.3 Å². The summed E-state index contributed by atoms with van der Waals surface area (Å²) in [5.74, 6) is 1.49. The minimum absolute atomic E-state index is 0.0247. The molecule has 2 nitrogen and oxygen atoms in total. The molecule has 0 aliphatic rings. The Morgan fingerprint density at radius 1 is 0.846 bits per heavy atom. The topological polar surface area (TPSA) is 18.5 Å². The lowest BCUT2D eigenvalue weighted by atomic mass is 9.74. The van der Waals surface area contributed by atoms with Crippen molar-refractivity contribution >= 4 is 23.2 Å². The van der Waals surface area contributed by atoms with E-state index in [2.05, 4.69) is 46.8 Å². The minimum atomic E-state index is -0.193. The Morgan fingerprint density at radius 2 is 1.42 bits per heavy atom. The van der Waals surface area contributed by atoms with E-state index in [9.17, 15) is 0 Å². The first-order valence-electron chi connectivity index (χ1n) is 8.71. The molecule has 4 heteroatoms. The standard InChI is InChI=1S/C22H28Cl2O2/c1-21(2,3)16-12-19(26-7)18(25-6)11-14(16)13-22(4,5)15-9-8-10-17(23)20(15)24/h8-12H,13H2,1-7H3. The fourth-order valence-corrected chi connectivity index (χ4v) is 3.92. The van der Waals surface area contributed by atoms with E-state index in [1.807, 2.05) is 18.2 Å². The molecule has 0 heterocycles. The predicted octanol–water partition coefficient (Wildman–Crippen LogP) is 6.83. The summed E-state index contributed by atoms with van der Waals surface area (Å²) in [4.78, 5) is 0. The minimum Gasteiger partial charge on any atom is -0.493 e. The summed E-state index contributed by atoms with van der Waals surface area (Å²) in [6.07, 6.45) is 0.806. The molecule has 0 radical (unpaired) electrons. The van der Waals surface area contributed by atoms with Crippen molar-refractivity contribution < 1.29 is 9.47 Å². The zero-order chi connectivity index (χ0) is 19.7. The van der Waals surface area contributed by atoms with Crippen LogP contribution in [-0.4, -0.2) is 14.2 Å². The van der Waals surface area contributed by atoms with Gasteiger partial charge in [0.15, 0.2) is 11.5 Å². The number of hydrogen-bond donors (Lipinski definition) is 0. The lowest BCUT2D eigenvalue weighted by molar-refractivity contribution is 0.352. The van der Waals surface area contributed by atoms with Gasteiger partial charge in [-0.3, -0.25) is 0 Å². The number of rotatable bonds is 5. The lowest BCUT2D eigenvalue weighted by Gasteiger charge is -2.31. The Bertz CT molecular complexity index is 789. The monoisotopic (exact) mass is 394 g/mol. The Hall–Kier alpha value is -1.38. The molecule has 2 rings (SSSR count). The van der Waals surface area contributed by atoms with Crippen molar-refractivity contribution in [2.75, 3.05) is 14.2 Å². The van der Waals surface area contributed by atoms with Crippen LogP contribution in [0.2, 0.25) is 10.0 Å². The highest BCUT2D eigenvalue weighted by Crippen LogP contribution is 2.41. The van der Waals surface area contributed by atoms with Crippen LogP contribution in [0.5, 0.6) is 11.5 Å². The maximum Gasteiger partial charge on any atom is 0.161 e. The number of methoxy groups -OCH3 is 2. The maximum atomic E-state index is 6.50. The van der Waals surface area contributed by atoms with Gasteiger partial charge in [0, 0.05) is 0 Å². The molecule has 0 aliphatic carbocycles. The molecule has 0 N–H and O–H groups in total. The van der Waals surface area contributed by atoms with Crippen LogP contribution in [0, 0.1) is 0 Å². The second-order valence-electron chi connectivity index (χ2n) is 8.28. The number of benzene rings is 2. The molecule has 0 aromatic heterocycles. The van der Waals surface area contributed by atoms with Gasteiger partial charge in [0.25, 0.3) is 0 Å². The van der Waals surface area contributed by atoms with Crippen molar-refractivity contribution in [1.29, 1.82) is 0 Å². The van der Waals surface area contributed by atoms with E-state index in [4.69, 9.17) is 32.7 Å². The Kier molecular flexibility index (Phi) is 6.20. The molecule has 0 spiro atoms. The van der Waals surface area contributed by atoms with Crippen LogP contribution in [0.15, 0.2) is 30.3 Å². The Labute approximate surface area is 167 Å². The summed E-state index contributed by atoms with van der Waals surface area (Å²) < 4.78 is 11.0. The molecule has 0 bridgehead atoms. The lowest BCUT2D eigenvalue weighted by Crippen LogP contribution is -2.24. The van der Waals surface area contributed by atoms with Crippen LogP contribution >= 0.6 is 23.2 Å². The average Bonchev–Trinajstić information content (AvgIpc) is 2.55. The zero-order valence-electron chi connectivity index (χ0n) is 16.7. The zero-order valence-corrected chi connectivity index (χ0v) is 18.2. The van der Waals surface area contributed by atoms with Crippen LogP contribution in [0.3, 0.4) is 0 Å². The SMILES string of the molecule is COc1cc(CC(C)(C)c2cccc(Cl)c2Cl)c(C(C)(C)C)cc1OC. The Morgan fingerprint density at radius 3 is 1.96 bits per heavy atom. The first-order chi connectivity index (χ1) is 12.0. The second-order valence-corrected chi connectivity index (χ2v) is 9.06. The van der Waals surface area contributed by atoms with E-state index in [0.717, 1.165) is 23.5 Å². The third-order valence-corrected chi connectivity index (χ3v) is 5.55. The van der Waals surface area contributed by atoms with Crippen LogP contribution in [0.25, 0.3) is 0 Å². The number of halogens is 2. The van der Waals surface area contributed by atoms with E-state index in [-0.39, 0.29) is 10.8 Å². The van der Waals surface area contributed by atoms with Gasteiger partial charge < -0.3 is 9.47 Å². The van der Waals surface area contributed by atoms with Crippen LogP contribution in [0.1, 0.15) is 51.3 Å². The molecule has 2 aromatic carbocycles. The molecule has 0 unspecified atom stereocenters. The van der Waals surface area contributed by atoms with Crippen LogP contribution in [0.4, 0.5) is 0 Å². The first kappa shape index (κ1) is 20.9. The van der Waals surface area contributed by atoms with Crippen LogP contribution < -0.4 is 9.47 Å². The predicted molar refractivity (Wildman–Crippen MR) is 111 cm³/mol. The van der Waals surface area contributed by atoms with Gasteiger partial charge in [-0.25, -0.2) is 0 Å². The fraction of sp³-hybridized carbons (Fsp3) is 0.455. The smallest absolute Gasteiger partial charge is 0.161 e. The molecule has 0 saturated heterocycles. The molecule has 0 fully saturated rings. The first-order valence-corrected chi connectivity index (χ1v) is 9.46. The average molecular weight is 395 g/mol. The van der Waals surface area contributed by atoms with Gasteiger partial charge in [-0.15, -0.1) is 0 Å². The highest BCUT2D eigenvalue weighted by molar-refractivity contribution is 6.42. The second kappa shape index (κ2) is 7.70. The summed E-state index contributed by atoms with van der Waals surface area (Å²) in [6, 6.07) is 9.99. The van der Waals surface area contributed by atoms with Crippen molar-refractivity contribution in [3.63, 3.8) is 0 Å². The van der Waals surface area contributed by atoms with E-state index < -0.39 is 0 Å². The van der Waals surface area contributed by atoms with Crippen molar-refractivity contribution in [3.8, 4) is 11.5 Å². The third-order valence-electron chi connectivity index (χ3n) is 4.73. The van der Waals surface area contributed by atoms with Crippen molar-refractivity contribution in [3.05, 3.63) is 57.1 Å². The molecule has 0 aliphatic heterocycles. The summed E-state index contributed by atoms with van der Waals surface area (Å²) in [5.41, 5.74) is 3.28. The molecular weight excluding hydrogens is 367 g/mol. The van der Waals surface area contributed by atoms with E-state index in [1.54, 1.807) is 14.2 Å². The van der Waals surface area contributed by atoms with Gasteiger partial charge in [-0.1, -0.05) is 70.0 Å². The van der Waals surface area contributed by atoms with Crippen molar-refractivity contribution in [2.45, 2.75) is 51.9 Å². The third kappa shape index (κ3) is 4.29. The van der Waals surface area contributed by atoms with Crippen LogP contribution in [-0.2, 0) is 17.3 Å². The van der Waals surface area contributed by atoms with Crippen molar-refractivity contribution in [2.24, 2.45) is 0 Å². The van der Waals surface area contributed by atoms with Crippen molar-refractivity contribution in [1.82, 2.24) is 0 Å². The molecule has 26 heavy (non-hydrogen) atoms. The summed E-state index contributed by atoms with van der Waals surface area (Å²) in [5, 5.41) is 1.21. The molecule has 0 saturated carbocycles. The maximum absolute atomic E-state index is 6.50. The summed E-state index contributed by atoms with van der Waals surface area (Å²) >= 11 is 12.7. The molecule has 0 atom stereocenters. The van der Waals surface area contributed by atoms with E-state index in [0.29, 0.717) is 10.0 Å². The largest absolute Gasteiger partial charge is 0.493 e. The van der Waals surface area contributed by atoms with Gasteiger partial charge in [0.2, 0.25) is 0 Å². The van der Waals surface area contributed by atoms with Gasteiger partial charge >= 0.3 is 0 Å². The summed E-state index contributed by atoms with van der Waals surface area (Å²) in [6.45, 7) is 11.0. The molecule has 142 valence electrons. The fourth-order valence-electron chi connectivity index (χ4n) is 3.36. The molecule has 0 amide bonds.